The van der Waals surface area contributed by atoms with Crippen LogP contribution in [-0.2, 0) is 0 Å². The molecule has 0 saturated heterocycles. The Morgan fingerprint density at radius 3 is 2.51 bits per heavy atom. The molecule has 12 nitrogen and oxygen atoms in total. The van der Waals surface area contributed by atoms with Crippen molar-refractivity contribution < 1.29 is 43.1 Å². The zero-order chi connectivity index (χ0) is 30.8. The zero-order valence-corrected chi connectivity index (χ0v) is 22.6. The Hall–Kier alpha value is -4.15. The van der Waals surface area contributed by atoms with Crippen LogP contribution >= 0.6 is 0 Å². The molecular formula is C28H27F3N6O6. The Labute approximate surface area is 241 Å². The first-order chi connectivity index (χ1) is 20.2. The summed E-state index contributed by atoms with van der Waals surface area (Å²) in [6.07, 6.45) is 1.95. The van der Waals surface area contributed by atoms with Gasteiger partial charge in [0.15, 0.2) is 5.65 Å². The van der Waals surface area contributed by atoms with Crippen LogP contribution in [0.5, 0.6) is 5.75 Å². The van der Waals surface area contributed by atoms with Gasteiger partial charge in [-0.05, 0) is 50.5 Å². The quantitative estimate of drug-likeness (QED) is 0.218. The smallest absolute Gasteiger partial charge is 0.387 e. The van der Waals surface area contributed by atoms with Gasteiger partial charge in [0.25, 0.3) is 5.91 Å². The van der Waals surface area contributed by atoms with Crippen molar-refractivity contribution in [3.05, 3.63) is 77.1 Å². The lowest BCUT2D eigenvalue weighted by Gasteiger charge is -2.38. The van der Waals surface area contributed by atoms with E-state index in [4.69, 9.17) is 15.6 Å². The summed E-state index contributed by atoms with van der Waals surface area (Å²) in [5, 5.41) is 43.7. The molecule has 15 heteroatoms. The number of nitrogens with zero attached hydrogens (tertiary/aromatic N) is 5. The van der Waals surface area contributed by atoms with E-state index in [-0.39, 0.29) is 40.7 Å². The third kappa shape index (κ3) is 5.19. The standard InChI is InChI=1S/C23H16F3N5O5.C5H11NO/c24-11-6-10(8-27-9-11)14-4-5-30-20(28-14)18-13-7-15(19(18)29-30)31(23(33,34)35)21(32)12-2-1-3-16(17(12)13)36-22(25)26;1-5(7)2-4(6)3-5/h1-6,8-9,13,15,22,33-35H,7H2;4,7H,2-3,6H2,1H3. The summed E-state index contributed by atoms with van der Waals surface area (Å²) < 4.78 is 46.4. The number of benzene rings is 1. The lowest BCUT2D eigenvalue weighted by molar-refractivity contribution is -0.385. The third-order valence-electron chi connectivity index (χ3n) is 7.79. The van der Waals surface area contributed by atoms with Gasteiger partial charge in [-0.3, -0.25) is 14.7 Å². The number of halogens is 3. The molecule has 226 valence electrons. The van der Waals surface area contributed by atoms with Crippen LogP contribution in [0.15, 0.2) is 48.9 Å². The Kier molecular flexibility index (Phi) is 6.89. The van der Waals surface area contributed by atoms with E-state index in [1.165, 1.54) is 41.2 Å². The van der Waals surface area contributed by atoms with Gasteiger partial charge >= 0.3 is 12.7 Å². The number of ether oxygens (including phenoxy) is 1. The highest BCUT2D eigenvalue weighted by Gasteiger charge is 2.53. The highest BCUT2D eigenvalue weighted by Crippen LogP contribution is 2.54. The first-order valence-corrected chi connectivity index (χ1v) is 13.3. The maximum Gasteiger partial charge on any atom is 0.387 e. The number of hydrogen-bond acceptors (Lipinski definition) is 10. The number of carbonyl (C=O) groups is 1. The largest absolute Gasteiger partial charge is 0.434 e. The van der Waals surface area contributed by atoms with E-state index >= 15 is 0 Å². The van der Waals surface area contributed by atoms with Crippen LogP contribution in [0.3, 0.4) is 0 Å². The molecule has 1 fully saturated rings. The lowest BCUT2D eigenvalue weighted by atomic mass is 9.78. The molecule has 4 heterocycles. The second kappa shape index (κ2) is 10.2. The molecule has 3 aromatic heterocycles. The number of rotatable bonds is 4. The molecule has 2 aliphatic carbocycles. The summed E-state index contributed by atoms with van der Waals surface area (Å²) in [5.41, 5.74) is 6.49. The summed E-state index contributed by atoms with van der Waals surface area (Å²) >= 11 is 0. The van der Waals surface area contributed by atoms with Gasteiger partial charge < -0.3 is 30.9 Å². The first-order valence-electron chi connectivity index (χ1n) is 13.3. The van der Waals surface area contributed by atoms with Gasteiger partial charge in [0.1, 0.15) is 11.6 Å². The maximum absolute atomic E-state index is 13.8. The minimum Gasteiger partial charge on any atom is -0.434 e. The minimum absolute atomic E-state index is 0.0205. The molecule has 2 unspecified atom stereocenters. The molecule has 4 aromatic rings. The highest BCUT2D eigenvalue weighted by atomic mass is 19.3. The Bertz CT molecular complexity index is 1720. The van der Waals surface area contributed by atoms with Crippen molar-refractivity contribution >= 4 is 11.6 Å². The second-order valence-corrected chi connectivity index (χ2v) is 11.1. The molecule has 6 N–H and O–H groups in total. The van der Waals surface area contributed by atoms with E-state index in [2.05, 4.69) is 15.1 Å². The van der Waals surface area contributed by atoms with Crippen molar-refractivity contribution in [1.29, 1.82) is 0 Å². The molecule has 2 atom stereocenters. The number of alkyl halides is 2. The van der Waals surface area contributed by atoms with Crippen molar-refractivity contribution in [3.8, 4) is 17.0 Å². The predicted octanol–water partition coefficient (Wildman–Crippen LogP) is 2.01. The summed E-state index contributed by atoms with van der Waals surface area (Å²) in [6, 6.07) is 5.83. The van der Waals surface area contributed by atoms with E-state index in [0.717, 1.165) is 19.0 Å². The summed E-state index contributed by atoms with van der Waals surface area (Å²) in [5.74, 6) is -2.63. The lowest BCUT2D eigenvalue weighted by Crippen LogP contribution is -2.53. The number of carbonyl (C=O) groups excluding carboxylic acids is 1. The molecule has 1 aliphatic heterocycles. The minimum atomic E-state index is -3.57. The van der Waals surface area contributed by atoms with Crippen molar-refractivity contribution in [2.75, 3.05) is 0 Å². The fourth-order valence-electron chi connectivity index (χ4n) is 6.17. The van der Waals surface area contributed by atoms with Crippen LogP contribution < -0.4 is 10.5 Å². The van der Waals surface area contributed by atoms with E-state index in [9.17, 15) is 33.3 Å². The van der Waals surface area contributed by atoms with Crippen LogP contribution in [0.1, 0.15) is 65.3 Å². The SMILES string of the molecule is CC1(O)CC(N)C1.O=C1c2cccc(OC(F)F)c2C2CC(c3nn4ccc(-c5cncc(F)c5)nc4c32)N1C(O)(O)O. The van der Waals surface area contributed by atoms with Crippen molar-refractivity contribution in [3.63, 3.8) is 0 Å². The van der Waals surface area contributed by atoms with E-state index in [1.807, 2.05) is 6.92 Å². The van der Waals surface area contributed by atoms with Gasteiger partial charge in [0, 0.05) is 46.6 Å². The van der Waals surface area contributed by atoms with Crippen molar-refractivity contribution in [1.82, 2.24) is 24.5 Å². The topological polar surface area (TPSA) is 180 Å². The molecule has 7 rings (SSSR count). The van der Waals surface area contributed by atoms with Crippen molar-refractivity contribution in [2.24, 2.45) is 5.73 Å². The van der Waals surface area contributed by atoms with Gasteiger partial charge in [0.05, 0.1) is 29.2 Å². The van der Waals surface area contributed by atoms with Gasteiger partial charge in [-0.25, -0.2) is 13.9 Å². The first kappa shape index (κ1) is 28.9. The molecule has 1 saturated carbocycles. The molecule has 1 aromatic carbocycles. The van der Waals surface area contributed by atoms with Gasteiger partial charge in [-0.1, -0.05) is 6.07 Å². The zero-order valence-electron chi connectivity index (χ0n) is 22.6. The molecule has 43 heavy (non-hydrogen) atoms. The van der Waals surface area contributed by atoms with Gasteiger partial charge in [-0.2, -0.15) is 13.9 Å². The predicted molar refractivity (Wildman–Crippen MR) is 142 cm³/mol. The number of nitrogens with two attached hydrogens (primary N) is 1. The Morgan fingerprint density at radius 1 is 1.16 bits per heavy atom. The fourth-order valence-corrected chi connectivity index (χ4v) is 6.17. The normalized spacial score (nSPS) is 24.2. The number of fused-ring (bicyclic) bond motifs is 9. The Morgan fingerprint density at radius 2 is 1.91 bits per heavy atom. The van der Waals surface area contributed by atoms with Crippen LogP contribution in [-0.4, -0.2) is 75.2 Å². The average molecular weight is 601 g/mol. The summed E-state index contributed by atoms with van der Waals surface area (Å²) in [6.45, 7) is -1.37. The van der Waals surface area contributed by atoms with Crippen LogP contribution in [0, 0.1) is 5.82 Å². The van der Waals surface area contributed by atoms with E-state index in [1.54, 1.807) is 6.07 Å². The van der Waals surface area contributed by atoms with E-state index < -0.39 is 42.0 Å². The highest BCUT2D eigenvalue weighted by molar-refractivity contribution is 5.98. The van der Waals surface area contributed by atoms with Gasteiger partial charge in [0.2, 0.25) is 0 Å². The number of hydrogen-bond donors (Lipinski definition) is 5. The molecular weight excluding hydrogens is 573 g/mol. The monoisotopic (exact) mass is 600 g/mol. The van der Waals surface area contributed by atoms with Crippen LogP contribution in [0.25, 0.3) is 16.9 Å². The van der Waals surface area contributed by atoms with Crippen molar-refractivity contribution in [2.45, 2.75) is 62.5 Å². The van der Waals surface area contributed by atoms with Gasteiger partial charge in [-0.15, -0.1) is 0 Å². The van der Waals surface area contributed by atoms with Crippen LogP contribution in [0.2, 0.25) is 0 Å². The fraction of sp³-hybridized carbons (Fsp3) is 0.357. The number of pyridine rings is 1. The molecule has 1 amide bonds. The van der Waals surface area contributed by atoms with E-state index in [0.29, 0.717) is 21.7 Å². The second-order valence-electron chi connectivity index (χ2n) is 11.1. The summed E-state index contributed by atoms with van der Waals surface area (Å²) in [7, 11) is 0. The third-order valence-corrected chi connectivity index (χ3v) is 7.79. The number of amides is 1. The maximum atomic E-state index is 13.8. The number of aromatic nitrogens is 4. The molecule has 0 radical (unpaired) electrons. The number of aliphatic hydroxyl groups is 4. The van der Waals surface area contributed by atoms with Crippen LogP contribution in [0.4, 0.5) is 13.2 Å². The molecule has 2 bridgehead atoms. The molecule has 3 aliphatic rings. The summed E-state index contributed by atoms with van der Waals surface area (Å²) in [4.78, 5) is 22.2. The molecule has 0 spiro atoms. The average Bonchev–Trinajstić information content (AvgIpc) is 3.40. The Balaban J connectivity index is 0.000000415.